The summed E-state index contributed by atoms with van der Waals surface area (Å²) < 4.78 is 5.09. The standard InChI is InChI=1S/C15H33N3O/c1-14(2)18-9-5-6-15(7-10-18)16-8-11-17(3)12-13-19-4/h14-16H,5-13H2,1-4H3. The fourth-order valence-corrected chi connectivity index (χ4v) is 2.66. The second kappa shape index (κ2) is 9.70. The van der Waals surface area contributed by atoms with Crippen molar-refractivity contribution in [3.63, 3.8) is 0 Å². The molecular weight excluding hydrogens is 238 g/mol. The zero-order chi connectivity index (χ0) is 14.1. The topological polar surface area (TPSA) is 27.7 Å². The first-order chi connectivity index (χ1) is 9.13. The molecule has 1 aliphatic rings. The third-order valence-corrected chi connectivity index (χ3v) is 4.10. The Morgan fingerprint density at radius 3 is 2.74 bits per heavy atom. The predicted molar refractivity (Wildman–Crippen MR) is 81.7 cm³/mol. The smallest absolute Gasteiger partial charge is 0.0589 e. The summed E-state index contributed by atoms with van der Waals surface area (Å²) in [6.45, 7) is 11.2. The fraction of sp³-hybridized carbons (Fsp3) is 1.00. The first-order valence-corrected chi connectivity index (χ1v) is 7.78. The number of ether oxygens (including phenoxy) is 1. The molecule has 1 rings (SSSR count). The SMILES string of the molecule is COCCN(C)CCNC1CCCN(C(C)C)CC1. The Morgan fingerprint density at radius 2 is 2.05 bits per heavy atom. The Kier molecular flexibility index (Phi) is 8.62. The van der Waals surface area contributed by atoms with Crippen LogP contribution < -0.4 is 5.32 Å². The Labute approximate surface area is 119 Å². The molecule has 0 bridgehead atoms. The summed E-state index contributed by atoms with van der Waals surface area (Å²) in [5, 5.41) is 3.72. The number of methoxy groups -OCH3 is 1. The summed E-state index contributed by atoms with van der Waals surface area (Å²) in [5.41, 5.74) is 0. The van der Waals surface area contributed by atoms with Crippen molar-refractivity contribution in [2.75, 3.05) is 53.5 Å². The van der Waals surface area contributed by atoms with Gasteiger partial charge in [-0.25, -0.2) is 0 Å². The van der Waals surface area contributed by atoms with Gasteiger partial charge in [0.2, 0.25) is 0 Å². The monoisotopic (exact) mass is 271 g/mol. The number of likely N-dealkylation sites (tertiary alicyclic amines) is 1. The average Bonchev–Trinajstić information content (AvgIpc) is 2.62. The van der Waals surface area contributed by atoms with Crippen LogP contribution in [0.3, 0.4) is 0 Å². The zero-order valence-corrected chi connectivity index (χ0v) is 13.3. The lowest BCUT2D eigenvalue weighted by Crippen LogP contribution is -2.38. The maximum absolute atomic E-state index is 5.09. The molecule has 114 valence electrons. The lowest BCUT2D eigenvalue weighted by atomic mass is 10.1. The highest BCUT2D eigenvalue weighted by Crippen LogP contribution is 2.13. The van der Waals surface area contributed by atoms with Gasteiger partial charge in [-0.2, -0.15) is 0 Å². The third kappa shape index (κ3) is 7.25. The fourth-order valence-electron chi connectivity index (χ4n) is 2.66. The van der Waals surface area contributed by atoms with Crippen LogP contribution in [0.1, 0.15) is 33.1 Å². The van der Waals surface area contributed by atoms with E-state index in [9.17, 15) is 0 Å². The van der Waals surface area contributed by atoms with Crippen LogP contribution in [0.15, 0.2) is 0 Å². The molecule has 1 aliphatic heterocycles. The second-order valence-corrected chi connectivity index (χ2v) is 6.01. The largest absolute Gasteiger partial charge is 0.383 e. The van der Waals surface area contributed by atoms with Gasteiger partial charge in [0.25, 0.3) is 0 Å². The molecule has 4 nitrogen and oxygen atoms in total. The third-order valence-electron chi connectivity index (χ3n) is 4.10. The maximum atomic E-state index is 5.09. The predicted octanol–water partition coefficient (Wildman–Crippen LogP) is 1.42. The van der Waals surface area contributed by atoms with Crippen LogP contribution in [0.5, 0.6) is 0 Å². The van der Waals surface area contributed by atoms with E-state index in [4.69, 9.17) is 4.74 Å². The minimum Gasteiger partial charge on any atom is -0.383 e. The molecule has 0 aliphatic carbocycles. The Balaban J connectivity index is 2.12. The summed E-state index contributed by atoms with van der Waals surface area (Å²) >= 11 is 0. The van der Waals surface area contributed by atoms with Gasteiger partial charge in [0, 0.05) is 38.8 Å². The van der Waals surface area contributed by atoms with E-state index < -0.39 is 0 Å². The second-order valence-electron chi connectivity index (χ2n) is 6.01. The number of nitrogens with one attached hydrogen (secondary N) is 1. The van der Waals surface area contributed by atoms with Gasteiger partial charge >= 0.3 is 0 Å². The molecular formula is C15H33N3O. The van der Waals surface area contributed by atoms with Crippen molar-refractivity contribution < 1.29 is 4.74 Å². The lowest BCUT2D eigenvalue weighted by Gasteiger charge is -2.24. The summed E-state index contributed by atoms with van der Waals surface area (Å²) in [6.07, 6.45) is 3.94. The van der Waals surface area contributed by atoms with Crippen molar-refractivity contribution in [2.45, 2.75) is 45.2 Å². The molecule has 1 atom stereocenters. The van der Waals surface area contributed by atoms with E-state index in [1.807, 2.05) is 0 Å². The van der Waals surface area contributed by atoms with Crippen LogP contribution in [0, 0.1) is 0 Å². The van der Waals surface area contributed by atoms with Gasteiger partial charge in [0.1, 0.15) is 0 Å². The minimum absolute atomic E-state index is 0.693. The van der Waals surface area contributed by atoms with Crippen LogP contribution in [-0.4, -0.2) is 75.4 Å². The van der Waals surface area contributed by atoms with Gasteiger partial charge < -0.3 is 19.9 Å². The molecule has 0 aromatic heterocycles. The first-order valence-electron chi connectivity index (χ1n) is 7.78. The van der Waals surface area contributed by atoms with E-state index in [1.165, 1.54) is 32.4 Å². The molecule has 0 radical (unpaired) electrons. The number of likely N-dealkylation sites (N-methyl/N-ethyl adjacent to an activating group) is 1. The van der Waals surface area contributed by atoms with Gasteiger partial charge in [-0.1, -0.05) is 0 Å². The highest BCUT2D eigenvalue weighted by atomic mass is 16.5. The van der Waals surface area contributed by atoms with Crippen molar-refractivity contribution in [3.05, 3.63) is 0 Å². The number of hydrogen-bond donors (Lipinski definition) is 1. The van der Waals surface area contributed by atoms with E-state index in [0.29, 0.717) is 12.1 Å². The van der Waals surface area contributed by atoms with E-state index >= 15 is 0 Å². The van der Waals surface area contributed by atoms with E-state index in [1.54, 1.807) is 7.11 Å². The highest BCUT2D eigenvalue weighted by molar-refractivity contribution is 4.76. The molecule has 1 saturated heterocycles. The zero-order valence-electron chi connectivity index (χ0n) is 13.3. The van der Waals surface area contributed by atoms with Crippen molar-refractivity contribution in [2.24, 2.45) is 0 Å². The lowest BCUT2D eigenvalue weighted by molar-refractivity contribution is 0.161. The molecule has 0 aromatic carbocycles. The number of rotatable bonds is 8. The number of nitrogens with zero attached hydrogens (tertiary/aromatic N) is 2. The summed E-state index contributed by atoms with van der Waals surface area (Å²) in [7, 11) is 3.92. The first kappa shape index (κ1) is 16.9. The summed E-state index contributed by atoms with van der Waals surface area (Å²) in [5.74, 6) is 0. The van der Waals surface area contributed by atoms with Crippen LogP contribution in [0.4, 0.5) is 0 Å². The van der Waals surface area contributed by atoms with E-state index in [0.717, 1.165) is 26.2 Å². The molecule has 1 heterocycles. The molecule has 4 heteroatoms. The molecule has 1 unspecified atom stereocenters. The van der Waals surface area contributed by atoms with Crippen LogP contribution in [-0.2, 0) is 4.74 Å². The molecule has 0 saturated carbocycles. The van der Waals surface area contributed by atoms with Crippen LogP contribution in [0.25, 0.3) is 0 Å². The van der Waals surface area contributed by atoms with Crippen molar-refractivity contribution in [1.82, 2.24) is 15.1 Å². The van der Waals surface area contributed by atoms with Gasteiger partial charge in [0.05, 0.1) is 6.61 Å². The van der Waals surface area contributed by atoms with E-state index in [-0.39, 0.29) is 0 Å². The van der Waals surface area contributed by atoms with Crippen molar-refractivity contribution in [1.29, 1.82) is 0 Å². The van der Waals surface area contributed by atoms with Gasteiger partial charge in [0.15, 0.2) is 0 Å². The molecule has 1 N–H and O–H groups in total. The Hall–Kier alpha value is -0.160. The Bertz CT molecular complexity index is 223. The molecule has 1 fully saturated rings. The molecule has 0 amide bonds. The van der Waals surface area contributed by atoms with Gasteiger partial charge in [-0.15, -0.1) is 0 Å². The Morgan fingerprint density at radius 1 is 1.26 bits per heavy atom. The van der Waals surface area contributed by atoms with E-state index in [2.05, 4.69) is 36.0 Å². The summed E-state index contributed by atoms with van der Waals surface area (Å²) in [6, 6.07) is 1.40. The summed E-state index contributed by atoms with van der Waals surface area (Å²) in [4.78, 5) is 4.93. The van der Waals surface area contributed by atoms with Crippen molar-refractivity contribution >= 4 is 0 Å². The quantitative estimate of drug-likeness (QED) is 0.722. The average molecular weight is 271 g/mol. The van der Waals surface area contributed by atoms with Crippen molar-refractivity contribution in [3.8, 4) is 0 Å². The normalized spacial score (nSPS) is 22.1. The number of hydrogen-bond acceptors (Lipinski definition) is 4. The van der Waals surface area contributed by atoms with Crippen LogP contribution >= 0.6 is 0 Å². The van der Waals surface area contributed by atoms with Gasteiger partial charge in [-0.05, 0) is 53.2 Å². The maximum Gasteiger partial charge on any atom is 0.0589 e. The van der Waals surface area contributed by atoms with Crippen LogP contribution in [0.2, 0.25) is 0 Å². The highest BCUT2D eigenvalue weighted by Gasteiger charge is 2.17. The molecule has 0 spiro atoms. The minimum atomic E-state index is 0.693. The molecule has 19 heavy (non-hydrogen) atoms. The van der Waals surface area contributed by atoms with Gasteiger partial charge in [-0.3, -0.25) is 0 Å². The molecule has 0 aromatic rings.